The van der Waals surface area contributed by atoms with Gasteiger partial charge in [0.15, 0.2) is 11.0 Å². The van der Waals surface area contributed by atoms with E-state index in [-0.39, 0.29) is 6.61 Å². The van der Waals surface area contributed by atoms with Crippen molar-refractivity contribution in [1.29, 1.82) is 0 Å². The highest BCUT2D eigenvalue weighted by Crippen LogP contribution is 2.78. The average molecular weight is 834 g/mol. The van der Waals surface area contributed by atoms with Gasteiger partial charge in [0.05, 0.1) is 18.4 Å². The first-order chi connectivity index (χ1) is 22.5. The number of ether oxygens (including phenoxy) is 1. The van der Waals surface area contributed by atoms with Gasteiger partial charge in [-0.25, -0.2) is 0 Å². The second kappa shape index (κ2) is 15.7. The van der Waals surface area contributed by atoms with Crippen LogP contribution in [-0.4, -0.2) is 103 Å². The van der Waals surface area contributed by atoms with Crippen LogP contribution in [0.5, 0.6) is 5.75 Å². The molecule has 18 heteroatoms. The van der Waals surface area contributed by atoms with Gasteiger partial charge in [-0.1, -0.05) is 23.6 Å². The summed E-state index contributed by atoms with van der Waals surface area (Å²) >= 11 is 44.8. The molecule has 1 aromatic carbocycles. The molecule has 1 aliphatic heterocycles. The van der Waals surface area contributed by atoms with E-state index in [0.717, 1.165) is 56.1 Å². The molecule has 1 saturated heterocycles. The third-order valence-electron chi connectivity index (χ3n) is 8.45. The average Bonchev–Trinajstić information content (AvgIpc) is 3.46. The number of rotatable bonds is 10. The molecule has 1 N–H and O–H groups in total. The molecule has 3 heterocycles. The van der Waals surface area contributed by atoms with E-state index >= 15 is 0 Å². The van der Waals surface area contributed by atoms with E-state index in [0.29, 0.717) is 23.3 Å². The Morgan fingerprint density at radius 3 is 2.23 bits per heavy atom. The van der Waals surface area contributed by atoms with Gasteiger partial charge in [0.1, 0.15) is 32.8 Å². The summed E-state index contributed by atoms with van der Waals surface area (Å²) in [5, 5.41) is 12.9. The number of thioether (sulfide) groups is 1. The van der Waals surface area contributed by atoms with Gasteiger partial charge in [-0.3, -0.25) is 14.5 Å². The minimum absolute atomic E-state index is 0.121. The third kappa shape index (κ3) is 7.52. The van der Waals surface area contributed by atoms with Crippen molar-refractivity contribution >= 4 is 125 Å². The molecular formula is C30H39N7OS10. The van der Waals surface area contributed by atoms with Gasteiger partial charge in [-0.05, 0) is 49.9 Å². The molecular weight excluding hydrogens is 795 g/mol. The Bertz CT molecular complexity index is 1620. The molecule has 0 unspecified atom stereocenters. The van der Waals surface area contributed by atoms with Crippen LogP contribution in [-0.2, 0) is 6.61 Å². The summed E-state index contributed by atoms with van der Waals surface area (Å²) in [5.41, 5.74) is 2.69. The number of benzene rings is 1. The fourth-order valence-corrected chi connectivity index (χ4v) is 12.1. The summed E-state index contributed by atoms with van der Waals surface area (Å²) in [6, 6.07) is 9.57. The topological polar surface area (TPSA) is 71.3 Å². The maximum Gasteiger partial charge on any atom is 0.197 e. The highest BCUT2D eigenvalue weighted by molar-refractivity contribution is 8.21. The molecule has 260 valence electrons. The minimum atomic E-state index is -1.34. The Labute approximate surface area is 336 Å². The lowest BCUT2D eigenvalue weighted by Gasteiger charge is -2.43. The molecule has 0 spiro atoms. The molecule has 1 aliphatic carbocycles. The maximum atomic E-state index is 6.22. The zero-order chi connectivity index (χ0) is 35.0. The quantitative estimate of drug-likeness (QED) is 0.0626. The predicted octanol–water partition coefficient (Wildman–Crippen LogP) is 4.69. The van der Waals surface area contributed by atoms with Crippen molar-refractivity contribution in [1.82, 2.24) is 34.9 Å². The van der Waals surface area contributed by atoms with Crippen molar-refractivity contribution in [3.63, 3.8) is 0 Å². The van der Waals surface area contributed by atoms with Crippen LogP contribution < -0.4 is 10.1 Å². The monoisotopic (exact) mass is 833 g/mol. The molecule has 2 aromatic heterocycles. The van der Waals surface area contributed by atoms with Crippen LogP contribution in [0.3, 0.4) is 0 Å². The van der Waals surface area contributed by atoms with Crippen molar-refractivity contribution in [3.05, 3.63) is 59.7 Å². The van der Waals surface area contributed by atoms with E-state index in [1.165, 1.54) is 11.8 Å². The molecule has 0 radical (unpaired) electrons. The number of aryl methyl sites for hydroxylation is 1. The van der Waals surface area contributed by atoms with Gasteiger partial charge in [0.25, 0.3) is 0 Å². The largest absolute Gasteiger partial charge is 0.486 e. The molecule has 1 saturated carbocycles. The molecule has 8 nitrogen and oxygen atoms in total. The molecule has 48 heavy (non-hydrogen) atoms. The fourth-order valence-electron chi connectivity index (χ4n) is 5.29. The SMILES string of the molecule is Cc1cc(OCc2nnc(SC3(S)C(S)(S)C(S)(S)C(S)(S)C3(S)S)n2-c2cccnc2)ccc1C#CCNCCN1CCN(C)CC1. The van der Waals surface area contributed by atoms with Gasteiger partial charge in [0.2, 0.25) is 0 Å². The lowest BCUT2D eigenvalue weighted by molar-refractivity contribution is 0.155. The number of nitrogens with one attached hydrogen (secondary N) is 1. The first kappa shape index (κ1) is 39.5. The Morgan fingerprint density at radius 2 is 1.60 bits per heavy atom. The lowest BCUT2D eigenvalue weighted by atomic mass is 10.1. The van der Waals surface area contributed by atoms with Gasteiger partial charge in [0, 0.05) is 51.0 Å². The van der Waals surface area contributed by atoms with E-state index in [4.69, 9.17) is 118 Å². The number of pyridine rings is 1. The highest BCUT2D eigenvalue weighted by Gasteiger charge is 2.81. The summed E-state index contributed by atoms with van der Waals surface area (Å²) in [5.74, 6) is 7.73. The maximum absolute atomic E-state index is 6.22. The van der Waals surface area contributed by atoms with E-state index in [9.17, 15) is 0 Å². The van der Waals surface area contributed by atoms with E-state index in [2.05, 4.69) is 49.2 Å². The van der Waals surface area contributed by atoms with Crippen LogP contribution in [0, 0.1) is 18.8 Å². The van der Waals surface area contributed by atoms with Crippen LogP contribution in [0.1, 0.15) is 17.0 Å². The number of thiol groups is 9. The zero-order valence-electron chi connectivity index (χ0n) is 26.2. The number of nitrogens with zero attached hydrogens (tertiary/aromatic N) is 6. The first-order valence-electron chi connectivity index (χ1n) is 14.9. The summed E-state index contributed by atoms with van der Waals surface area (Å²) in [6.07, 6.45) is 3.40. The van der Waals surface area contributed by atoms with Crippen LogP contribution in [0.4, 0.5) is 0 Å². The minimum Gasteiger partial charge on any atom is -0.486 e. The van der Waals surface area contributed by atoms with Crippen molar-refractivity contribution in [3.8, 4) is 23.3 Å². The molecule has 5 rings (SSSR count). The van der Waals surface area contributed by atoms with Gasteiger partial charge < -0.3 is 15.0 Å². The number of likely N-dealkylation sites (N-methyl/N-ethyl adjacent to an activating group) is 1. The van der Waals surface area contributed by atoms with E-state index in [1.54, 1.807) is 12.4 Å². The third-order valence-corrected chi connectivity index (χ3v) is 19.5. The van der Waals surface area contributed by atoms with Crippen molar-refractivity contribution in [2.75, 3.05) is 52.9 Å². The number of aromatic nitrogens is 4. The van der Waals surface area contributed by atoms with E-state index in [1.807, 2.05) is 41.8 Å². The molecule has 0 bridgehead atoms. The van der Waals surface area contributed by atoms with Crippen molar-refractivity contribution in [2.45, 2.75) is 39.1 Å². The summed E-state index contributed by atoms with van der Waals surface area (Å²) in [7, 11) is 2.17. The smallest absolute Gasteiger partial charge is 0.197 e. The van der Waals surface area contributed by atoms with Gasteiger partial charge >= 0.3 is 0 Å². The first-order valence-corrected chi connectivity index (χ1v) is 19.8. The molecule has 0 amide bonds. The van der Waals surface area contributed by atoms with Crippen molar-refractivity contribution in [2.24, 2.45) is 0 Å². The lowest BCUT2D eigenvalue weighted by Crippen LogP contribution is -2.49. The predicted molar refractivity (Wildman–Crippen MR) is 229 cm³/mol. The summed E-state index contributed by atoms with van der Waals surface area (Å²) in [6.45, 7) is 9.24. The second-order valence-electron chi connectivity index (χ2n) is 11.8. The Kier molecular flexibility index (Phi) is 12.9. The van der Waals surface area contributed by atoms with Crippen LogP contribution >= 0.6 is 125 Å². The number of piperazine rings is 1. The van der Waals surface area contributed by atoms with E-state index < -0.39 is 20.4 Å². The molecule has 2 fully saturated rings. The number of hydrogen-bond donors (Lipinski definition) is 10. The van der Waals surface area contributed by atoms with Crippen molar-refractivity contribution < 1.29 is 4.74 Å². The highest BCUT2D eigenvalue weighted by atomic mass is 32.2. The zero-order valence-corrected chi connectivity index (χ0v) is 35.1. The van der Waals surface area contributed by atoms with Gasteiger partial charge in [-0.2, -0.15) is 114 Å². The normalized spacial score (nSPS) is 21.1. The van der Waals surface area contributed by atoms with Crippen LogP contribution in [0.2, 0.25) is 0 Å². The summed E-state index contributed by atoms with van der Waals surface area (Å²) in [4.78, 5) is 9.16. The standard InChI is InChI=1S/C30H39N7OS10/c1-20-17-23(8-7-21(20)5-3-9-31-11-12-36-15-13-35(2)14-16-36)38-19-24-33-34-25(37(24)22-6-4-10-32-18-22)48-30(47)28(43,44)26(39,40)27(41,42)29(30,45)46/h4,6-8,10,17-18,31,39-47H,9,11-16,19H2,1-2H3. The molecule has 0 atom stereocenters. The molecule has 2 aliphatic rings. The Morgan fingerprint density at radius 1 is 0.917 bits per heavy atom. The van der Waals surface area contributed by atoms with Crippen LogP contribution in [0.15, 0.2) is 47.9 Å². The second-order valence-corrected chi connectivity index (χ2v) is 20.7. The number of hydrogen-bond acceptors (Lipinski definition) is 17. The van der Waals surface area contributed by atoms with Gasteiger partial charge in [-0.15, -0.1) is 10.2 Å². The Balaban J connectivity index is 1.28. The van der Waals surface area contributed by atoms with Crippen LogP contribution in [0.25, 0.3) is 5.69 Å². The fraction of sp³-hybridized carbons (Fsp3) is 0.500. The summed E-state index contributed by atoms with van der Waals surface area (Å²) < 4.78 is 1.47. The Hall–Kier alpha value is 0.250. The molecule has 3 aromatic rings.